The predicted molar refractivity (Wildman–Crippen MR) is 128 cm³/mol. The molecule has 1 saturated heterocycles. The van der Waals surface area contributed by atoms with E-state index in [0.29, 0.717) is 45.4 Å². The first kappa shape index (κ1) is 22.0. The molecule has 2 fully saturated rings. The molecule has 1 saturated carbocycles. The number of fused-ring (bicyclic) bond motifs is 1. The van der Waals surface area contributed by atoms with Crippen LogP contribution in [-0.4, -0.2) is 57.9 Å². The Bertz CT molecular complexity index is 1090. The summed E-state index contributed by atoms with van der Waals surface area (Å²) in [6, 6.07) is 5.82. The molecule has 2 aromatic rings. The van der Waals surface area contributed by atoms with Crippen molar-refractivity contribution in [3.05, 3.63) is 45.2 Å². The van der Waals surface area contributed by atoms with E-state index in [4.69, 9.17) is 21.9 Å². The highest BCUT2D eigenvalue weighted by Crippen LogP contribution is 2.34. The van der Waals surface area contributed by atoms with Crippen molar-refractivity contribution in [1.82, 2.24) is 14.3 Å². The summed E-state index contributed by atoms with van der Waals surface area (Å²) in [7, 11) is 3.58. The first-order valence-corrected chi connectivity index (χ1v) is 11.7. The number of thioether (sulfide) groups is 1. The normalized spacial score (nSPS) is 19.0. The average molecular weight is 459 g/mol. The molecule has 31 heavy (non-hydrogen) atoms. The van der Waals surface area contributed by atoms with E-state index in [1.807, 2.05) is 19.2 Å². The van der Waals surface area contributed by atoms with Crippen molar-refractivity contribution in [2.45, 2.75) is 38.1 Å². The van der Waals surface area contributed by atoms with Gasteiger partial charge in [-0.2, -0.15) is 0 Å². The topological polar surface area (TPSA) is 67.2 Å². The van der Waals surface area contributed by atoms with Crippen molar-refractivity contribution < 1.29 is 9.53 Å². The smallest absolute Gasteiger partial charge is 0.267 e. The molecule has 4 rings (SSSR count). The van der Waals surface area contributed by atoms with Crippen molar-refractivity contribution in [3.63, 3.8) is 0 Å². The highest BCUT2D eigenvalue weighted by molar-refractivity contribution is 8.26. The zero-order chi connectivity index (χ0) is 22.0. The van der Waals surface area contributed by atoms with E-state index in [1.165, 1.54) is 40.3 Å². The number of aromatic nitrogens is 2. The molecule has 3 heterocycles. The fraction of sp³-hybridized carbons (Fsp3) is 0.455. The van der Waals surface area contributed by atoms with Crippen molar-refractivity contribution in [2.75, 3.05) is 32.2 Å². The molecule has 0 spiro atoms. The lowest BCUT2D eigenvalue weighted by Crippen LogP contribution is -2.36. The van der Waals surface area contributed by atoms with Crippen LogP contribution in [0.25, 0.3) is 11.7 Å². The van der Waals surface area contributed by atoms with Crippen molar-refractivity contribution in [3.8, 4) is 0 Å². The van der Waals surface area contributed by atoms with Gasteiger partial charge in [-0.05, 0) is 31.1 Å². The van der Waals surface area contributed by atoms with Gasteiger partial charge in [0.25, 0.3) is 11.5 Å². The van der Waals surface area contributed by atoms with Gasteiger partial charge in [-0.15, -0.1) is 0 Å². The van der Waals surface area contributed by atoms with Crippen molar-refractivity contribution in [1.29, 1.82) is 0 Å². The number of anilines is 1. The number of hydrogen-bond donors (Lipinski definition) is 0. The van der Waals surface area contributed by atoms with Crippen LogP contribution >= 0.6 is 24.0 Å². The molecule has 0 atom stereocenters. The quantitative estimate of drug-likeness (QED) is 0.486. The minimum atomic E-state index is -0.198. The maximum atomic E-state index is 13.4. The molecule has 9 heteroatoms. The van der Waals surface area contributed by atoms with Gasteiger partial charge in [-0.1, -0.05) is 49.3 Å². The lowest BCUT2D eigenvalue weighted by Gasteiger charge is -2.33. The lowest BCUT2D eigenvalue weighted by molar-refractivity contribution is -0.122. The van der Waals surface area contributed by atoms with Gasteiger partial charge >= 0.3 is 0 Å². The number of hydrogen-bond acceptors (Lipinski definition) is 7. The van der Waals surface area contributed by atoms with Gasteiger partial charge in [-0.25, -0.2) is 4.98 Å². The fourth-order valence-electron chi connectivity index (χ4n) is 4.13. The second kappa shape index (κ2) is 9.50. The van der Waals surface area contributed by atoms with Crippen LogP contribution in [0.5, 0.6) is 0 Å². The average Bonchev–Trinajstić information content (AvgIpc) is 3.06. The van der Waals surface area contributed by atoms with Crippen LogP contribution in [0.1, 0.15) is 37.7 Å². The van der Waals surface area contributed by atoms with E-state index in [1.54, 1.807) is 25.4 Å². The van der Waals surface area contributed by atoms with E-state index >= 15 is 0 Å². The number of methoxy groups -OCH3 is 1. The van der Waals surface area contributed by atoms with E-state index in [2.05, 4.69) is 4.90 Å². The molecule has 0 radical (unpaired) electrons. The SMILES string of the molecule is COCCN1C(=O)C(=Cc2c(N(C)C3CCCCC3)nc3ccccn3c2=O)SC1=S. The molecule has 1 aliphatic carbocycles. The zero-order valence-electron chi connectivity index (χ0n) is 17.7. The van der Waals surface area contributed by atoms with Crippen LogP contribution in [-0.2, 0) is 9.53 Å². The molecule has 7 nitrogen and oxygen atoms in total. The molecule has 2 aliphatic rings. The van der Waals surface area contributed by atoms with Gasteiger partial charge in [0, 0.05) is 26.4 Å². The zero-order valence-corrected chi connectivity index (χ0v) is 19.4. The van der Waals surface area contributed by atoms with E-state index in [9.17, 15) is 9.59 Å². The Hall–Kier alpha value is -2.23. The first-order chi connectivity index (χ1) is 15.0. The maximum Gasteiger partial charge on any atom is 0.267 e. The summed E-state index contributed by atoms with van der Waals surface area (Å²) in [5.41, 5.74) is 0.824. The van der Waals surface area contributed by atoms with Crippen LogP contribution in [0.15, 0.2) is 34.1 Å². The number of rotatable bonds is 6. The number of carbonyl (C=O) groups is 1. The first-order valence-electron chi connectivity index (χ1n) is 10.5. The van der Waals surface area contributed by atoms with Crippen LogP contribution in [0.4, 0.5) is 5.82 Å². The fourth-order valence-corrected chi connectivity index (χ4v) is 5.42. The third-order valence-electron chi connectivity index (χ3n) is 5.87. The summed E-state index contributed by atoms with van der Waals surface area (Å²) in [5, 5.41) is 0. The number of nitrogens with zero attached hydrogens (tertiary/aromatic N) is 4. The third kappa shape index (κ3) is 4.40. The monoisotopic (exact) mass is 458 g/mol. The van der Waals surface area contributed by atoms with E-state index in [0.717, 1.165) is 12.8 Å². The molecule has 1 aliphatic heterocycles. The minimum absolute atomic E-state index is 0.189. The van der Waals surface area contributed by atoms with Crippen LogP contribution in [0.2, 0.25) is 0 Å². The molecule has 164 valence electrons. The third-order valence-corrected chi connectivity index (χ3v) is 7.25. The number of amides is 1. The van der Waals surface area contributed by atoms with Gasteiger partial charge in [0.05, 0.1) is 23.6 Å². The molecule has 2 aromatic heterocycles. The van der Waals surface area contributed by atoms with Crippen LogP contribution < -0.4 is 10.5 Å². The summed E-state index contributed by atoms with van der Waals surface area (Å²) in [5.74, 6) is 0.418. The Kier molecular flexibility index (Phi) is 6.74. The van der Waals surface area contributed by atoms with Gasteiger partial charge in [0.15, 0.2) is 0 Å². The molecule has 1 amide bonds. The molecular weight excluding hydrogens is 432 g/mol. The Labute approximate surface area is 191 Å². The number of pyridine rings is 1. The van der Waals surface area contributed by atoms with Crippen LogP contribution in [0.3, 0.4) is 0 Å². The molecule has 0 N–H and O–H groups in total. The maximum absolute atomic E-state index is 13.4. The standard InChI is InChI=1S/C22H26N4O3S2/c1-24(15-8-4-3-5-9-15)19-16(20(27)25-11-7-6-10-18(25)23-19)14-17-21(28)26(12-13-29-2)22(30)31-17/h6-7,10-11,14-15H,3-5,8-9,12-13H2,1-2H3. The summed E-state index contributed by atoms with van der Waals surface area (Å²) < 4.78 is 7.09. The van der Waals surface area contributed by atoms with Gasteiger partial charge < -0.3 is 9.64 Å². The predicted octanol–water partition coefficient (Wildman–Crippen LogP) is 3.31. The molecule has 0 bridgehead atoms. The summed E-state index contributed by atoms with van der Waals surface area (Å²) in [4.78, 5) is 35.3. The summed E-state index contributed by atoms with van der Waals surface area (Å²) in [6.45, 7) is 0.790. The Morgan fingerprint density at radius 1 is 1.29 bits per heavy atom. The highest BCUT2D eigenvalue weighted by atomic mass is 32.2. The van der Waals surface area contributed by atoms with E-state index in [-0.39, 0.29) is 11.5 Å². The van der Waals surface area contributed by atoms with Crippen LogP contribution in [0, 0.1) is 0 Å². The number of carbonyl (C=O) groups excluding carboxylic acids is 1. The Balaban J connectivity index is 1.80. The lowest BCUT2D eigenvalue weighted by atomic mass is 9.94. The second-order valence-electron chi connectivity index (χ2n) is 7.81. The van der Waals surface area contributed by atoms with Crippen molar-refractivity contribution >= 4 is 51.7 Å². The minimum Gasteiger partial charge on any atom is -0.383 e. The number of ether oxygens (including phenoxy) is 1. The summed E-state index contributed by atoms with van der Waals surface area (Å²) >= 11 is 6.60. The molecule has 0 aromatic carbocycles. The molecule has 0 unspecified atom stereocenters. The number of thiocarbonyl (C=S) groups is 1. The highest BCUT2D eigenvalue weighted by Gasteiger charge is 2.33. The largest absolute Gasteiger partial charge is 0.383 e. The van der Waals surface area contributed by atoms with Gasteiger partial charge in [0.1, 0.15) is 15.8 Å². The van der Waals surface area contributed by atoms with E-state index < -0.39 is 0 Å². The Morgan fingerprint density at radius 3 is 2.81 bits per heavy atom. The molecular formula is C22H26N4O3S2. The summed E-state index contributed by atoms with van der Waals surface area (Å²) in [6.07, 6.45) is 9.11. The van der Waals surface area contributed by atoms with Gasteiger partial charge in [0.2, 0.25) is 0 Å². The second-order valence-corrected chi connectivity index (χ2v) is 9.49. The van der Waals surface area contributed by atoms with Gasteiger partial charge in [-0.3, -0.25) is 18.9 Å². The Morgan fingerprint density at radius 2 is 2.06 bits per heavy atom. The van der Waals surface area contributed by atoms with Crippen molar-refractivity contribution in [2.24, 2.45) is 0 Å².